The molecule has 0 saturated carbocycles. The van der Waals surface area contributed by atoms with E-state index in [4.69, 9.17) is 23.2 Å². The fourth-order valence-corrected chi connectivity index (χ4v) is 0.381. The van der Waals surface area contributed by atoms with Crippen LogP contribution >= 0.6 is 23.2 Å². The highest BCUT2D eigenvalue weighted by atomic mass is 35.5. The number of hydrogen-bond donors (Lipinski definition) is 0. The minimum atomic E-state index is 0.637. The monoisotopic (exact) mass is 136 g/mol. The van der Waals surface area contributed by atoms with E-state index in [1.165, 1.54) is 5.54 Å². The van der Waals surface area contributed by atoms with Gasteiger partial charge in [-0.2, -0.15) is 0 Å². The lowest BCUT2D eigenvalue weighted by molar-refractivity contribution is 1.24. The first-order valence-corrected chi connectivity index (χ1v) is 2.94. The highest BCUT2D eigenvalue weighted by molar-refractivity contribution is 6.25. The van der Waals surface area contributed by atoms with Crippen molar-refractivity contribution in [3.63, 3.8) is 0 Å². The zero-order chi connectivity index (χ0) is 5.54. The van der Waals surface area contributed by atoms with Crippen LogP contribution in [0, 0.1) is 0 Å². The average molecular weight is 137 g/mol. The van der Waals surface area contributed by atoms with Gasteiger partial charge in [0, 0.05) is 11.4 Å². The number of hydrogen-bond acceptors (Lipinski definition) is 0. The summed E-state index contributed by atoms with van der Waals surface area (Å²) < 4.78 is 0. The molecule has 0 bridgehead atoms. The molecule has 0 nitrogen and oxygen atoms in total. The van der Waals surface area contributed by atoms with Crippen LogP contribution in [0.3, 0.4) is 0 Å². The zero-order valence-electron chi connectivity index (χ0n) is 3.82. The molecule has 0 aliphatic carbocycles. The molecule has 0 saturated heterocycles. The van der Waals surface area contributed by atoms with Gasteiger partial charge in [-0.3, -0.25) is 0 Å². The second-order valence-corrected chi connectivity index (χ2v) is 1.55. The first kappa shape index (κ1) is 7.10. The molecule has 0 aliphatic rings. The molecule has 0 aromatic rings. The quantitative estimate of drug-likeness (QED) is 0.405. The Morgan fingerprint density at radius 3 is 2.71 bits per heavy atom. The molecule has 0 aliphatic heterocycles. The molecule has 0 fully saturated rings. The molecule has 2 heteroatoms. The molecule has 40 valence electrons. The summed E-state index contributed by atoms with van der Waals surface area (Å²) in [4.78, 5) is 0. The van der Waals surface area contributed by atoms with E-state index >= 15 is 0 Å². The van der Waals surface area contributed by atoms with Crippen molar-refractivity contribution in [1.29, 1.82) is 0 Å². The van der Waals surface area contributed by atoms with Crippen molar-refractivity contribution in [3.05, 3.63) is 17.3 Å². The lowest BCUT2D eigenvalue weighted by Crippen LogP contribution is -1.60. The Balaban J connectivity index is 3.10. The Morgan fingerprint density at radius 2 is 2.29 bits per heavy atom. The molecule has 0 rings (SSSR count). The molecular weight excluding hydrogens is 131 g/mol. The van der Waals surface area contributed by atoms with Gasteiger partial charge in [0.2, 0.25) is 0 Å². The van der Waals surface area contributed by atoms with E-state index in [-0.39, 0.29) is 0 Å². The Hall–Kier alpha value is 0.1000. The third kappa shape index (κ3) is 6.10. The number of allylic oxidation sites excluding steroid dienone is 1. The van der Waals surface area contributed by atoms with Crippen molar-refractivity contribution in [2.45, 2.75) is 6.42 Å². The van der Waals surface area contributed by atoms with Gasteiger partial charge in [-0.15, -0.1) is 17.3 Å². The molecule has 0 unspecified atom stereocenters. The Morgan fingerprint density at radius 1 is 1.57 bits per heavy atom. The second-order valence-electron chi connectivity index (χ2n) is 0.958. The lowest BCUT2D eigenvalue weighted by atomic mass is 10.5. The van der Waals surface area contributed by atoms with Gasteiger partial charge in [-0.05, 0) is 12.5 Å². The van der Waals surface area contributed by atoms with E-state index in [9.17, 15) is 0 Å². The Kier molecular flexibility index (Phi) is 6.19. The Labute approximate surface area is 53.4 Å². The summed E-state index contributed by atoms with van der Waals surface area (Å²) in [6.07, 6.45) is 2.63. The van der Waals surface area contributed by atoms with Gasteiger partial charge in [-0.1, -0.05) is 11.6 Å². The van der Waals surface area contributed by atoms with Crippen LogP contribution in [0.25, 0.3) is 0 Å². The number of alkyl halides is 1. The third-order valence-electron chi connectivity index (χ3n) is 0.434. The van der Waals surface area contributed by atoms with Crippen molar-refractivity contribution in [2.75, 3.05) is 5.88 Å². The van der Waals surface area contributed by atoms with E-state index in [2.05, 4.69) is 5.73 Å². The predicted molar refractivity (Wildman–Crippen MR) is 33.8 cm³/mol. The predicted octanol–water partition coefficient (Wildman–Crippen LogP) is 2.52. The van der Waals surface area contributed by atoms with E-state index in [0.717, 1.165) is 6.42 Å². The second kappa shape index (κ2) is 6.10. The van der Waals surface area contributed by atoms with Crippen molar-refractivity contribution in [1.82, 2.24) is 0 Å². The molecule has 0 amide bonds. The van der Waals surface area contributed by atoms with Crippen LogP contribution in [0.5, 0.6) is 0 Å². The van der Waals surface area contributed by atoms with Crippen molar-refractivity contribution < 1.29 is 0 Å². The summed E-state index contributed by atoms with van der Waals surface area (Å²) in [7, 11) is 0. The highest BCUT2D eigenvalue weighted by Gasteiger charge is 1.67. The molecule has 0 aromatic carbocycles. The Bertz CT molecular complexity index is 80.1. The van der Waals surface area contributed by atoms with E-state index in [1.807, 2.05) is 0 Å². The van der Waals surface area contributed by atoms with Crippen LogP contribution in [0.2, 0.25) is 0 Å². The van der Waals surface area contributed by atoms with Gasteiger partial charge in [-0.25, -0.2) is 0 Å². The largest absolute Gasteiger partial charge is 0.126 e. The van der Waals surface area contributed by atoms with Crippen LogP contribution in [0.1, 0.15) is 6.42 Å². The summed E-state index contributed by atoms with van der Waals surface area (Å²) in [5, 5.41) is 0. The van der Waals surface area contributed by atoms with Crippen LogP contribution in [-0.2, 0) is 0 Å². The molecule has 0 spiro atoms. The molecule has 0 heterocycles. The van der Waals surface area contributed by atoms with Crippen molar-refractivity contribution >= 4 is 23.2 Å². The molecule has 0 N–H and O–H groups in total. The summed E-state index contributed by atoms with van der Waals surface area (Å²) in [6.45, 7) is 0. The van der Waals surface area contributed by atoms with Crippen molar-refractivity contribution in [2.24, 2.45) is 0 Å². The first-order chi connectivity index (χ1) is 3.41. The summed E-state index contributed by atoms with van der Waals surface area (Å²) in [5.74, 6) is 0.637. The maximum atomic E-state index is 5.31. The van der Waals surface area contributed by atoms with Gasteiger partial charge >= 0.3 is 0 Å². The minimum absolute atomic E-state index is 0.637. The maximum absolute atomic E-state index is 5.31. The van der Waals surface area contributed by atoms with Gasteiger partial charge in [0.25, 0.3) is 0 Å². The first-order valence-electron chi connectivity index (χ1n) is 1.97. The number of rotatable bonds is 2. The molecule has 0 radical (unpaired) electrons. The number of halogens is 2. The fraction of sp³-hybridized carbons (Fsp3) is 0.400. The van der Waals surface area contributed by atoms with E-state index in [1.54, 1.807) is 6.08 Å². The average Bonchev–Trinajstić information content (AvgIpc) is 1.69. The van der Waals surface area contributed by atoms with Crippen LogP contribution in [0.4, 0.5) is 0 Å². The van der Waals surface area contributed by atoms with Crippen LogP contribution in [0.15, 0.2) is 17.3 Å². The third-order valence-corrected chi connectivity index (χ3v) is 0.778. The SMILES string of the molecule is ClC=C=CCCCl. The zero-order valence-corrected chi connectivity index (χ0v) is 5.34. The molecular formula is C5H6Cl2. The minimum Gasteiger partial charge on any atom is -0.126 e. The molecule has 0 aromatic heterocycles. The van der Waals surface area contributed by atoms with Crippen LogP contribution in [-0.4, -0.2) is 5.88 Å². The van der Waals surface area contributed by atoms with Gasteiger partial charge < -0.3 is 0 Å². The smallest absolute Gasteiger partial charge is 0.0459 e. The van der Waals surface area contributed by atoms with E-state index < -0.39 is 0 Å². The highest BCUT2D eigenvalue weighted by Crippen LogP contribution is 1.84. The normalized spacial score (nSPS) is 7.14. The summed E-state index contributed by atoms with van der Waals surface area (Å²) in [5.41, 5.74) is 4.02. The fourth-order valence-electron chi connectivity index (χ4n) is 0.182. The van der Waals surface area contributed by atoms with Crippen LogP contribution < -0.4 is 0 Å². The summed E-state index contributed by atoms with van der Waals surface area (Å²) in [6, 6.07) is 0. The topological polar surface area (TPSA) is 0 Å². The molecule has 7 heavy (non-hydrogen) atoms. The van der Waals surface area contributed by atoms with Gasteiger partial charge in [0.05, 0.1) is 0 Å². The van der Waals surface area contributed by atoms with Gasteiger partial charge in [0.1, 0.15) is 0 Å². The standard InChI is InChI=1S/C5H6Cl2/c6-4-2-1-3-5-7/h1,5H,2,4H2. The van der Waals surface area contributed by atoms with E-state index in [0.29, 0.717) is 5.88 Å². The molecule has 0 atom stereocenters. The van der Waals surface area contributed by atoms with Gasteiger partial charge in [0.15, 0.2) is 0 Å². The summed E-state index contributed by atoms with van der Waals surface area (Å²) >= 11 is 10.4. The maximum Gasteiger partial charge on any atom is 0.0459 e. The van der Waals surface area contributed by atoms with Crippen molar-refractivity contribution in [3.8, 4) is 0 Å². The lowest BCUT2D eigenvalue weighted by Gasteiger charge is -1.71.